The first-order valence-electron chi connectivity index (χ1n) is 14.4. The van der Waals surface area contributed by atoms with E-state index in [0.29, 0.717) is 0 Å². The molecular formula is C33H35N3O9. The van der Waals surface area contributed by atoms with Crippen LogP contribution in [0.25, 0.3) is 10.4 Å². The first kappa shape index (κ1) is 33.2. The molecule has 0 N–H and O–H groups in total. The quantitative estimate of drug-likeness (QED) is 0.0498. The zero-order valence-electron chi connectivity index (χ0n) is 25.2. The summed E-state index contributed by atoms with van der Waals surface area (Å²) in [6, 6.07) is 28.9. The second-order valence-electron chi connectivity index (χ2n) is 10.2. The second-order valence-corrected chi connectivity index (χ2v) is 10.2. The van der Waals surface area contributed by atoms with Gasteiger partial charge in [0.25, 0.3) is 0 Å². The van der Waals surface area contributed by atoms with Gasteiger partial charge in [0.05, 0.1) is 13.2 Å². The minimum Gasteiger partial charge on any atom is -0.456 e. The van der Waals surface area contributed by atoms with Crippen LogP contribution in [0.1, 0.15) is 37.5 Å². The molecule has 1 aliphatic rings. The van der Waals surface area contributed by atoms with Crippen molar-refractivity contribution in [2.45, 2.75) is 57.1 Å². The van der Waals surface area contributed by atoms with Crippen molar-refractivity contribution in [3.63, 3.8) is 0 Å². The zero-order chi connectivity index (χ0) is 32.2. The SMILES string of the molecule is CC(=O)O[C@@H]1[C@H](OC(C)=O)[C@@H](OCCN=[N+]=[N-])O[C@H](COC(c2ccccc2)(c2ccccc2)c2ccccc2)[C@H]1OC(C)=O. The summed E-state index contributed by atoms with van der Waals surface area (Å²) < 4.78 is 35.8. The molecule has 1 heterocycles. The van der Waals surface area contributed by atoms with Gasteiger partial charge < -0.3 is 28.4 Å². The van der Waals surface area contributed by atoms with E-state index in [9.17, 15) is 14.4 Å². The lowest BCUT2D eigenvalue weighted by molar-refractivity contribution is -0.310. The minimum atomic E-state index is -1.32. The van der Waals surface area contributed by atoms with Gasteiger partial charge in [0.15, 0.2) is 24.6 Å². The maximum absolute atomic E-state index is 12.4. The standard InChI is InChI=1S/C33H35N3O9/c1-22(37)42-29-28(45-32(40-20-19-35-36-34)31(44-24(3)39)30(29)43-23(2)38)21-41-33(25-13-7-4-8-14-25,26-15-9-5-10-16-26)27-17-11-6-12-18-27/h4-18,28-32H,19-21H2,1-3H3/t28-,29-,30+,31+,32+/m1/s1. The Morgan fingerprint density at radius 3 is 1.62 bits per heavy atom. The molecule has 1 aliphatic heterocycles. The van der Waals surface area contributed by atoms with Crippen molar-refractivity contribution in [1.29, 1.82) is 0 Å². The number of nitrogens with zero attached hydrogens (tertiary/aromatic N) is 3. The number of ether oxygens (including phenoxy) is 6. The molecule has 0 aliphatic carbocycles. The van der Waals surface area contributed by atoms with Crippen LogP contribution in [0.5, 0.6) is 0 Å². The summed E-state index contributed by atoms with van der Waals surface area (Å²) in [5.74, 6) is -2.11. The normalized spacial score (nSPS) is 21.2. The summed E-state index contributed by atoms with van der Waals surface area (Å²) in [5.41, 5.74) is 9.98. The molecule has 0 amide bonds. The smallest absolute Gasteiger partial charge is 0.303 e. The molecule has 1 fully saturated rings. The number of benzene rings is 3. The molecule has 12 nitrogen and oxygen atoms in total. The predicted molar refractivity (Wildman–Crippen MR) is 160 cm³/mol. The van der Waals surface area contributed by atoms with Crippen LogP contribution in [0.2, 0.25) is 0 Å². The van der Waals surface area contributed by atoms with Crippen LogP contribution in [-0.2, 0) is 48.4 Å². The Labute approximate surface area is 260 Å². The maximum atomic E-state index is 12.4. The van der Waals surface area contributed by atoms with Crippen molar-refractivity contribution in [2.24, 2.45) is 5.11 Å². The van der Waals surface area contributed by atoms with E-state index in [1.165, 1.54) is 20.8 Å². The van der Waals surface area contributed by atoms with Crippen LogP contribution in [0.4, 0.5) is 0 Å². The predicted octanol–water partition coefficient (Wildman–Crippen LogP) is 4.84. The van der Waals surface area contributed by atoms with E-state index in [2.05, 4.69) is 10.0 Å². The van der Waals surface area contributed by atoms with E-state index in [4.69, 9.17) is 34.0 Å². The Morgan fingerprint density at radius 2 is 1.18 bits per heavy atom. The summed E-state index contributed by atoms with van der Waals surface area (Å²) in [6.07, 6.45) is -6.27. The summed E-state index contributed by atoms with van der Waals surface area (Å²) >= 11 is 0. The Kier molecular flexibility index (Phi) is 11.7. The van der Waals surface area contributed by atoms with Crippen LogP contribution < -0.4 is 0 Å². The van der Waals surface area contributed by atoms with Gasteiger partial charge in [-0.05, 0) is 22.2 Å². The summed E-state index contributed by atoms with van der Waals surface area (Å²) in [5, 5.41) is 3.47. The van der Waals surface area contributed by atoms with Crippen molar-refractivity contribution >= 4 is 17.9 Å². The van der Waals surface area contributed by atoms with Crippen molar-refractivity contribution in [3.05, 3.63) is 118 Å². The molecular weight excluding hydrogens is 582 g/mol. The molecule has 45 heavy (non-hydrogen) atoms. The zero-order valence-corrected chi connectivity index (χ0v) is 25.2. The second kappa shape index (κ2) is 15.8. The van der Waals surface area contributed by atoms with Gasteiger partial charge in [-0.25, -0.2) is 0 Å². The van der Waals surface area contributed by atoms with Gasteiger partial charge in [-0.1, -0.05) is 96.1 Å². The van der Waals surface area contributed by atoms with Crippen LogP contribution in [0.3, 0.4) is 0 Å². The van der Waals surface area contributed by atoms with E-state index in [1.54, 1.807) is 0 Å². The lowest BCUT2D eigenvalue weighted by atomic mass is 9.80. The first-order valence-corrected chi connectivity index (χ1v) is 14.4. The van der Waals surface area contributed by atoms with E-state index in [0.717, 1.165) is 16.7 Å². The van der Waals surface area contributed by atoms with Gasteiger partial charge in [0, 0.05) is 32.2 Å². The highest BCUT2D eigenvalue weighted by Gasteiger charge is 2.53. The molecule has 4 rings (SSSR count). The van der Waals surface area contributed by atoms with E-state index in [-0.39, 0.29) is 19.8 Å². The monoisotopic (exact) mass is 617 g/mol. The van der Waals surface area contributed by atoms with Gasteiger partial charge in [0.1, 0.15) is 11.7 Å². The molecule has 5 atom stereocenters. The minimum absolute atomic E-state index is 0.0466. The molecule has 3 aromatic rings. The van der Waals surface area contributed by atoms with E-state index < -0.39 is 54.2 Å². The van der Waals surface area contributed by atoms with Crippen LogP contribution in [-0.4, -0.2) is 68.4 Å². The fourth-order valence-electron chi connectivity index (χ4n) is 5.35. The molecule has 0 spiro atoms. The highest BCUT2D eigenvalue weighted by atomic mass is 16.7. The summed E-state index contributed by atoms with van der Waals surface area (Å²) in [6.45, 7) is 3.21. The average molecular weight is 618 g/mol. The lowest BCUT2D eigenvalue weighted by Gasteiger charge is -2.45. The van der Waals surface area contributed by atoms with Gasteiger partial charge >= 0.3 is 17.9 Å². The number of azide groups is 1. The topological polar surface area (TPSA) is 155 Å². The molecule has 0 radical (unpaired) electrons. The molecule has 1 saturated heterocycles. The van der Waals surface area contributed by atoms with E-state index >= 15 is 0 Å². The molecule has 0 bridgehead atoms. The number of hydrogen-bond acceptors (Lipinski definition) is 10. The third-order valence-electron chi connectivity index (χ3n) is 7.04. The molecule has 0 saturated carbocycles. The summed E-state index contributed by atoms with van der Waals surface area (Å²) in [7, 11) is 0. The maximum Gasteiger partial charge on any atom is 0.303 e. The van der Waals surface area contributed by atoms with Gasteiger partial charge in [-0.2, -0.15) is 0 Å². The fourth-order valence-corrected chi connectivity index (χ4v) is 5.35. The van der Waals surface area contributed by atoms with Crippen molar-refractivity contribution in [3.8, 4) is 0 Å². The Bertz CT molecular complexity index is 1370. The molecule has 0 unspecified atom stereocenters. The summed E-state index contributed by atoms with van der Waals surface area (Å²) in [4.78, 5) is 39.5. The van der Waals surface area contributed by atoms with Crippen molar-refractivity contribution in [2.75, 3.05) is 19.8 Å². The Balaban J connectivity index is 1.80. The van der Waals surface area contributed by atoms with Gasteiger partial charge in [0.2, 0.25) is 0 Å². The molecule has 3 aromatic carbocycles. The Morgan fingerprint density at radius 1 is 0.733 bits per heavy atom. The van der Waals surface area contributed by atoms with Crippen LogP contribution in [0, 0.1) is 0 Å². The van der Waals surface area contributed by atoms with Crippen molar-refractivity contribution < 1.29 is 42.8 Å². The first-order chi connectivity index (χ1) is 21.8. The molecule has 236 valence electrons. The third kappa shape index (κ3) is 8.25. The Hall–Kier alpha value is -4.74. The largest absolute Gasteiger partial charge is 0.456 e. The van der Waals surface area contributed by atoms with E-state index in [1.807, 2.05) is 91.0 Å². The lowest BCUT2D eigenvalue weighted by Crippen LogP contribution is -2.63. The number of hydrogen-bond donors (Lipinski definition) is 0. The van der Waals surface area contributed by atoms with Crippen molar-refractivity contribution in [1.82, 2.24) is 0 Å². The van der Waals surface area contributed by atoms with Gasteiger partial charge in [-0.3, -0.25) is 14.4 Å². The highest BCUT2D eigenvalue weighted by molar-refractivity contribution is 5.68. The number of carbonyl (C=O) groups is 3. The van der Waals surface area contributed by atoms with Crippen LogP contribution in [0.15, 0.2) is 96.1 Å². The molecule has 0 aromatic heterocycles. The van der Waals surface area contributed by atoms with Crippen LogP contribution >= 0.6 is 0 Å². The fraction of sp³-hybridized carbons (Fsp3) is 0.364. The molecule has 12 heteroatoms. The highest BCUT2D eigenvalue weighted by Crippen LogP contribution is 2.41. The number of esters is 3. The number of rotatable bonds is 13. The van der Waals surface area contributed by atoms with Gasteiger partial charge in [-0.15, -0.1) is 0 Å². The number of carbonyl (C=O) groups excluding carboxylic acids is 3. The third-order valence-corrected chi connectivity index (χ3v) is 7.04. The average Bonchev–Trinajstić information content (AvgIpc) is 3.03.